The fraction of sp³-hybridized carbons (Fsp3) is 0.600. The van der Waals surface area contributed by atoms with Crippen LogP contribution in [-0.4, -0.2) is 44.1 Å². The standard InChI is InChI=1S/C15H24N2O3S/c1-11-5-6-14(12(2)7-11)21(18,19)17-9-13(8-16)20-15(3,4)10-17/h5-7,13H,8-10,16H2,1-4H3. The summed E-state index contributed by atoms with van der Waals surface area (Å²) in [6.45, 7) is 8.49. The Morgan fingerprint density at radius 1 is 1.38 bits per heavy atom. The van der Waals surface area contributed by atoms with Gasteiger partial charge in [0.2, 0.25) is 10.0 Å². The van der Waals surface area contributed by atoms with E-state index in [9.17, 15) is 8.42 Å². The van der Waals surface area contributed by atoms with Gasteiger partial charge in [0, 0.05) is 19.6 Å². The fourth-order valence-electron chi connectivity index (χ4n) is 2.78. The Kier molecular flexibility index (Phi) is 4.44. The van der Waals surface area contributed by atoms with E-state index in [4.69, 9.17) is 10.5 Å². The summed E-state index contributed by atoms with van der Waals surface area (Å²) in [6, 6.07) is 5.39. The average molecular weight is 312 g/mol. The second-order valence-corrected chi connectivity index (χ2v) is 8.21. The summed E-state index contributed by atoms with van der Waals surface area (Å²) < 4.78 is 33.1. The minimum Gasteiger partial charge on any atom is -0.368 e. The third kappa shape index (κ3) is 3.45. The molecule has 1 atom stereocenters. The zero-order valence-corrected chi connectivity index (χ0v) is 13.9. The van der Waals surface area contributed by atoms with Gasteiger partial charge >= 0.3 is 0 Å². The molecule has 0 spiro atoms. The summed E-state index contributed by atoms with van der Waals surface area (Å²) in [5.74, 6) is 0. The van der Waals surface area contributed by atoms with Crippen molar-refractivity contribution in [3.8, 4) is 0 Å². The Morgan fingerprint density at radius 2 is 2.05 bits per heavy atom. The van der Waals surface area contributed by atoms with E-state index in [2.05, 4.69) is 0 Å². The molecule has 0 bridgehead atoms. The van der Waals surface area contributed by atoms with Crippen LogP contribution in [-0.2, 0) is 14.8 Å². The first kappa shape index (κ1) is 16.4. The monoisotopic (exact) mass is 312 g/mol. The highest BCUT2D eigenvalue weighted by Gasteiger charge is 2.39. The molecule has 1 aliphatic rings. The van der Waals surface area contributed by atoms with E-state index in [-0.39, 0.29) is 6.10 Å². The zero-order chi connectivity index (χ0) is 15.8. The normalized spacial score (nSPS) is 23.2. The minimum absolute atomic E-state index is 0.269. The number of ether oxygens (including phenoxy) is 1. The SMILES string of the molecule is Cc1ccc(S(=O)(=O)N2CC(CN)OC(C)(C)C2)c(C)c1. The maximum absolute atomic E-state index is 12.9. The van der Waals surface area contributed by atoms with Crippen molar-refractivity contribution in [1.82, 2.24) is 4.31 Å². The Labute approximate surface area is 127 Å². The third-order valence-corrected chi connectivity index (χ3v) is 5.63. The first-order valence-corrected chi connectivity index (χ1v) is 8.55. The summed E-state index contributed by atoms with van der Waals surface area (Å²) in [5.41, 5.74) is 6.95. The van der Waals surface area contributed by atoms with Gasteiger partial charge in [0.15, 0.2) is 0 Å². The molecule has 0 aromatic heterocycles. The highest BCUT2D eigenvalue weighted by Crippen LogP contribution is 2.28. The van der Waals surface area contributed by atoms with Crippen LogP contribution >= 0.6 is 0 Å². The molecule has 0 saturated carbocycles. The van der Waals surface area contributed by atoms with Gasteiger partial charge in [-0.2, -0.15) is 4.31 Å². The summed E-state index contributed by atoms with van der Waals surface area (Å²) >= 11 is 0. The topological polar surface area (TPSA) is 72.6 Å². The van der Waals surface area contributed by atoms with Crippen LogP contribution in [0.15, 0.2) is 23.1 Å². The van der Waals surface area contributed by atoms with E-state index in [0.29, 0.717) is 24.5 Å². The lowest BCUT2D eigenvalue weighted by Crippen LogP contribution is -2.56. The van der Waals surface area contributed by atoms with E-state index in [0.717, 1.165) is 11.1 Å². The molecular formula is C15H24N2O3S. The number of aryl methyl sites for hydroxylation is 2. The fourth-order valence-corrected chi connectivity index (χ4v) is 4.60. The molecule has 21 heavy (non-hydrogen) atoms. The van der Waals surface area contributed by atoms with Gasteiger partial charge in [0.25, 0.3) is 0 Å². The van der Waals surface area contributed by atoms with E-state index in [1.807, 2.05) is 39.8 Å². The van der Waals surface area contributed by atoms with Gasteiger partial charge in [-0.1, -0.05) is 17.7 Å². The molecule has 1 aliphatic heterocycles. The van der Waals surface area contributed by atoms with Crippen molar-refractivity contribution in [3.63, 3.8) is 0 Å². The average Bonchev–Trinajstić information content (AvgIpc) is 2.36. The van der Waals surface area contributed by atoms with E-state index < -0.39 is 15.6 Å². The van der Waals surface area contributed by atoms with Crippen LogP contribution in [0.2, 0.25) is 0 Å². The molecule has 1 aromatic carbocycles. The number of hydrogen-bond donors (Lipinski definition) is 1. The Balaban J connectivity index is 2.38. The summed E-state index contributed by atoms with van der Waals surface area (Å²) in [4.78, 5) is 0.363. The predicted molar refractivity (Wildman–Crippen MR) is 82.7 cm³/mol. The van der Waals surface area contributed by atoms with Gasteiger partial charge in [0.1, 0.15) is 0 Å². The number of rotatable bonds is 3. The smallest absolute Gasteiger partial charge is 0.243 e. The molecule has 1 saturated heterocycles. The van der Waals surface area contributed by atoms with Crippen molar-refractivity contribution < 1.29 is 13.2 Å². The molecule has 0 radical (unpaired) electrons. The molecule has 118 valence electrons. The van der Waals surface area contributed by atoms with Crippen molar-refractivity contribution in [1.29, 1.82) is 0 Å². The van der Waals surface area contributed by atoms with Gasteiger partial charge in [-0.25, -0.2) is 8.42 Å². The third-order valence-electron chi connectivity index (χ3n) is 3.66. The van der Waals surface area contributed by atoms with Crippen molar-refractivity contribution in [3.05, 3.63) is 29.3 Å². The maximum atomic E-state index is 12.9. The highest BCUT2D eigenvalue weighted by atomic mass is 32.2. The summed E-state index contributed by atoms with van der Waals surface area (Å²) in [5, 5.41) is 0. The Bertz CT molecular complexity index is 626. The summed E-state index contributed by atoms with van der Waals surface area (Å²) in [6.07, 6.45) is -0.269. The Morgan fingerprint density at radius 3 is 2.62 bits per heavy atom. The van der Waals surface area contributed by atoms with Crippen LogP contribution in [0.5, 0.6) is 0 Å². The number of nitrogens with zero attached hydrogens (tertiary/aromatic N) is 1. The van der Waals surface area contributed by atoms with Crippen molar-refractivity contribution in [2.24, 2.45) is 5.73 Å². The second kappa shape index (κ2) is 5.68. The number of morpholine rings is 1. The molecule has 5 nitrogen and oxygen atoms in total. The Hall–Kier alpha value is -0.950. The zero-order valence-electron chi connectivity index (χ0n) is 13.1. The molecule has 1 aromatic rings. The molecule has 1 fully saturated rings. The van der Waals surface area contributed by atoms with Crippen LogP contribution in [0.4, 0.5) is 0 Å². The van der Waals surface area contributed by atoms with Crippen molar-refractivity contribution >= 4 is 10.0 Å². The number of sulfonamides is 1. The van der Waals surface area contributed by atoms with Crippen LogP contribution < -0.4 is 5.73 Å². The van der Waals surface area contributed by atoms with Crippen LogP contribution in [0.1, 0.15) is 25.0 Å². The van der Waals surface area contributed by atoms with Gasteiger partial charge in [-0.15, -0.1) is 0 Å². The highest BCUT2D eigenvalue weighted by molar-refractivity contribution is 7.89. The lowest BCUT2D eigenvalue weighted by molar-refractivity contribution is -0.112. The largest absolute Gasteiger partial charge is 0.368 e. The van der Waals surface area contributed by atoms with Crippen LogP contribution in [0.25, 0.3) is 0 Å². The first-order chi connectivity index (χ1) is 9.65. The molecule has 2 rings (SSSR count). The second-order valence-electron chi connectivity index (χ2n) is 6.30. The van der Waals surface area contributed by atoms with Crippen LogP contribution in [0.3, 0.4) is 0 Å². The minimum atomic E-state index is -3.53. The van der Waals surface area contributed by atoms with E-state index in [1.165, 1.54) is 4.31 Å². The van der Waals surface area contributed by atoms with Gasteiger partial charge in [-0.3, -0.25) is 0 Å². The quantitative estimate of drug-likeness (QED) is 0.916. The predicted octanol–water partition coefficient (Wildman–Crippen LogP) is 1.43. The molecule has 0 aliphatic carbocycles. The van der Waals surface area contributed by atoms with Gasteiger partial charge in [-0.05, 0) is 39.3 Å². The number of hydrogen-bond acceptors (Lipinski definition) is 4. The van der Waals surface area contributed by atoms with Gasteiger partial charge in [0.05, 0.1) is 16.6 Å². The molecular weight excluding hydrogens is 288 g/mol. The molecule has 2 N–H and O–H groups in total. The van der Waals surface area contributed by atoms with Gasteiger partial charge < -0.3 is 10.5 Å². The molecule has 0 amide bonds. The lowest BCUT2D eigenvalue weighted by atomic mass is 10.1. The number of benzene rings is 1. The van der Waals surface area contributed by atoms with E-state index in [1.54, 1.807) is 6.07 Å². The maximum Gasteiger partial charge on any atom is 0.243 e. The molecule has 6 heteroatoms. The summed E-state index contributed by atoms with van der Waals surface area (Å²) in [7, 11) is -3.53. The molecule has 1 unspecified atom stereocenters. The lowest BCUT2D eigenvalue weighted by Gasteiger charge is -2.41. The van der Waals surface area contributed by atoms with Crippen molar-refractivity contribution in [2.45, 2.75) is 44.3 Å². The van der Waals surface area contributed by atoms with Crippen molar-refractivity contribution in [2.75, 3.05) is 19.6 Å². The molecule has 1 heterocycles. The first-order valence-electron chi connectivity index (χ1n) is 7.11. The number of nitrogens with two attached hydrogens (primary N) is 1. The van der Waals surface area contributed by atoms with Crippen LogP contribution in [0, 0.1) is 13.8 Å². The van der Waals surface area contributed by atoms with E-state index >= 15 is 0 Å².